The molecule has 0 spiro atoms. The average molecular weight is 270 g/mol. The van der Waals surface area contributed by atoms with Gasteiger partial charge in [-0.15, -0.1) is 0 Å². The molecule has 1 atom stereocenters. The van der Waals surface area contributed by atoms with Gasteiger partial charge < -0.3 is 10.1 Å². The van der Waals surface area contributed by atoms with Gasteiger partial charge in [-0.2, -0.15) is 0 Å². The molecule has 1 aliphatic rings. The SMILES string of the molecule is COc1ccc([C@H]2CCCNC2)cc1Br. The first-order valence-corrected chi connectivity index (χ1v) is 6.14. The Morgan fingerprint density at radius 2 is 2.33 bits per heavy atom. The van der Waals surface area contributed by atoms with Crippen LogP contribution in [-0.2, 0) is 0 Å². The maximum Gasteiger partial charge on any atom is 0.133 e. The number of hydrogen-bond acceptors (Lipinski definition) is 2. The Hall–Kier alpha value is -0.540. The number of piperidine rings is 1. The van der Waals surface area contributed by atoms with Crippen LogP contribution in [0.5, 0.6) is 5.75 Å². The van der Waals surface area contributed by atoms with Gasteiger partial charge >= 0.3 is 0 Å². The summed E-state index contributed by atoms with van der Waals surface area (Å²) in [7, 11) is 1.70. The van der Waals surface area contributed by atoms with E-state index < -0.39 is 0 Å². The van der Waals surface area contributed by atoms with Crippen molar-refractivity contribution in [3.8, 4) is 5.75 Å². The van der Waals surface area contributed by atoms with E-state index >= 15 is 0 Å². The van der Waals surface area contributed by atoms with Crippen molar-refractivity contribution < 1.29 is 4.74 Å². The minimum absolute atomic E-state index is 0.654. The van der Waals surface area contributed by atoms with Crippen LogP contribution in [0.25, 0.3) is 0 Å². The van der Waals surface area contributed by atoms with Crippen molar-refractivity contribution in [2.75, 3.05) is 20.2 Å². The van der Waals surface area contributed by atoms with Crippen molar-refractivity contribution in [3.05, 3.63) is 28.2 Å². The molecule has 1 aromatic rings. The van der Waals surface area contributed by atoms with Gasteiger partial charge in [-0.25, -0.2) is 0 Å². The third-order valence-electron chi connectivity index (χ3n) is 2.94. The summed E-state index contributed by atoms with van der Waals surface area (Å²) < 4.78 is 6.27. The number of nitrogens with one attached hydrogen (secondary N) is 1. The minimum Gasteiger partial charge on any atom is -0.496 e. The number of ether oxygens (including phenoxy) is 1. The second-order valence-electron chi connectivity index (χ2n) is 3.94. The molecular weight excluding hydrogens is 254 g/mol. The third kappa shape index (κ3) is 2.52. The fraction of sp³-hybridized carbons (Fsp3) is 0.500. The predicted octanol–water partition coefficient (Wildman–Crippen LogP) is 2.92. The van der Waals surface area contributed by atoms with E-state index in [1.807, 2.05) is 6.07 Å². The molecule has 3 heteroatoms. The normalized spacial score (nSPS) is 21.3. The number of methoxy groups -OCH3 is 1. The smallest absolute Gasteiger partial charge is 0.133 e. The summed E-state index contributed by atoms with van der Waals surface area (Å²) in [4.78, 5) is 0. The number of hydrogen-bond donors (Lipinski definition) is 1. The Morgan fingerprint density at radius 3 is 2.93 bits per heavy atom. The van der Waals surface area contributed by atoms with Gasteiger partial charge in [0.25, 0.3) is 0 Å². The van der Waals surface area contributed by atoms with Crippen molar-refractivity contribution >= 4 is 15.9 Å². The molecule has 82 valence electrons. The Balaban J connectivity index is 2.17. The Bertz CT molecular complexity index is 334. The van der Waals surface area contributed by atoms with Crippen LogP contribution in [0.1, 0.15) is 24.3 Å². The predicted molar refractivity (Wildman–Crippen MR) is 65.5 cm³/mol. The van der Waals surface area contributed by atoms with Gasteiger partial charge in [0.1, 0.15) is 5.75 Å². The van der Waals surface area contributed by atoms with Crippen molar-refractivity contribution in [1.29, 1.82) is 0 Å². The highest BCUT2D eigenvalue weighted by Crippen LogP contribution is 2.31. The molecule has 1 N–H and O–H groups in total. The fourth-order valence-electron chi connectivity index (χ4n) is 2.07. The van der Waals surface area contributed by atoms with E-state index in [2.05, 4.69) is 33.4 Å². The lowest BCUT2D eigenvalue weighted by Crippen LogP contribution is -2.28. The van der Waals surface area contributed by atoms with Crippen LogP contribution in [0.2, 0.25) is 0 Å². The second kappa shape index (κ2) is 4.99. The van der Waals surface area contributed by atoms with Crippen molar-refractivity contribution in [3.63, 3.8) is 0 Å². The van der Waals surface area contributed by atoms with Gasteiger partial charge in [-0.1, -0.05) is 6.07 Å². The van der Waals surface area contributed by atoms with Crippen LogP contribution in [0.3, 0.4) is 0 Å². The van der Waals surface area contributed by atoms with Crippen molar-refractivity contribution in [2.24, 2.45) is 0 Å². The van der Waals surface area contributed by atoms with E-state index in [1.165, 1.54) is 18.4 Å². The molecule has 15 heavy (non-hydrogen) atoms. The molecule has 1 fully saturated rings. The van der Waals surface area contributed by atoms with Gasteiger partial charge in [0.05, 0.1) is 11.6 Å². The Kier molecular flexibility index (Phi) is 3.65. The van der Waals surface area contributed by atoms with Crippen LogP contribution < -0.4 is 10.1 Å². The van der Waals surface area contributed by atoms with Crippen LogP contribution in [0, 0.1) is 0 Å². The van der Waals surface area contributed by atoms with Gasteiger partial charge in [0.2, 0.25) is 0 Å². The molecule has 0 unspecified atom stereocenters. The topological polar surface area (TPSA) is 21.3 Å². The van der Waals surface area contributed by atoms with Crippen LogP contribution in [-0.4, -0.2) is 20.2 Å². The first kappa shape index (κ1) is 11.0. The lowest BCUT2D eigenvalue weighted by atomic mass is 9.92. The van der Waals surface area contributed by atoms with Gasteiger partial charge in [-0.3, -0.25) is 0 Å². The lowest BCUT2D eigenvalue weighted by Gasteiger charge is -2.23. The van der Waals surface area contributed by atoms with Gasteiger partial charge in [0.15, 0.2) is 0 Å². The highest BCUT2D eigenvalue weighted by molar-refractivity contribution is 9.10. The zero-order chi connectivity index (χ0) is 10.7. The molecule has 1 heterocycles. The van der Waals surface area contributed by atoms with Crippen molar-refractivity contribution in [2.45, 2.75) is 18.8 Å². The quantitative estimate of drug-likeness (QED) is 0.892. The molecule has 0 aliphatic carbocycles. The number of benzene rings is 1. The standard InChI is InChI=1S/C12H16BrNO/c1-15-12-5-4-9(7-11(12)13)10-3-2-6-14-8-10/h4-5,7,10,14H,2-3,6,8H2,1H3/t10-/m0/s1. The van der Waals surface area contributed by atoms with Gasteiger partial charge in [0, 0.05) is 6.54 Å². The van der Waals surface area contributed by atoms with E-state index in [9.17, 15) is 0 Å². The summed E-state index contributed by atoms with van der Waals surface area (Å²) in [6.07, 6.45) is 2.56. The molecular formula is C12H16BrNO. The highest BCUT2D eigenvalue weighted by atomic mass is 79.9. The van der Waals surface area contributed by atoms with Crippen LogP contribution >= 0.6 is 15.9 Å². The Labute approximate surface area is 99.1 Å². The second-order valence-corrected chi connectivity index (χ2v) is 4.79. The summed E-state index contributed by atoms with van der Waals surface area (Å²) in [5.41, 5.74) is 1.40. The minimum atomic E-state index is 0.654. The molecule has 2 rings (SSSR count). The van der Waals surface area contributed by atoms with E-state index in [0.717, 1.165) is 23.3 Å². The summed E-state index contributed by atoms with van der Waals surface area (Å²) in [5.74, 6) is 1.56. The van der Waals surface area contributed by atoms with Crippen LogP contribution in [0.4, 0.5) is 0 Å². The maximum atomic E-state index is 5.22. The molecule has 0 amide bonds. The first-order chi connectivity index (χ1) is 7.31. The largest absolute Gasteiger partial charge is 0.496 e. The summed E-state index contributed by atoms with van der Waals surface area (Å²) >= 11 is 3.53. The average Bonchev–Trinajstić information content (AvgIpc) is 2.30. The molecule has 0 saturated carbocycles. The third-order valence-corrected chi connectivity index (χ3v) is 3.56. The first-order valence-electron chi connectivity index (χ1n) is 5.35. The number of halogens is 1. The molecule has 1 aromatic carbocycles. The molecule has 0 radical (unpaired) electrons. The summed E-state index contributed by atoms with van der Waals surface area (Å²) in [5, 5.41) is 3.43. The number of rotatable bonds is 2. The zero-order valence-electron chi connectivity index (χ0n) is 8.92. The Morgan fingerprint density at radius 1 is 1.47 bits per heavy atom. The fourth-order valence-corrected chi connectivity index (χ4v) is 2.63. The summed E-state index contributed by atoms with van der Waals surface area (Å²) in [6, 6.07) is 6.38. The monoisotopic (exact) mass is 269 g/mol. The summed E-state index contributed by atoms with van der Waals surface area (Å²) in [6.45, 7) is 2.26. The molecule has 1 aliphatic heterocycles. The van der Waals surface area contributed by atoms with Crippen molar-refractivity contribution in [1.82, 2.24) is 5.32 Å². The van der Waals surface area contributed by atoms with E-state index in [1.54, 1.807) is 7.11 Å². The molecule has 1 saturated heterocycles. The maximum absolute atomic E-state index is 5.22. The lowest BCUT2D eigenvalue weighted by molar-refractivity contribution is 0.411. The van der Waals surface area contributed by atoms with E-state index in [-0.39, 0.29) is 0 Å². The van der Waals surface area contributed by atoms with Gasteiger partial charge in [-0.05, 0) is 58.9 Å². The molecule has 2 nitrogen and oxygen atoms in total. The van der Waals surface area contributed by atoms with Crippen LogP contribution in [0.15, 0.2) is 22.7 Å². The van der Waals surface area contributed by atoms with E-state index in [0.29, 0.717) is 5.92 Å². The molecule has 0 bridgehead atoms. The molecule has 0 aromatic heterocycles. The highest BCUT2D eigenvalue weighted by Gasteiger charge is 2.15. The van der Waals surface area contributed by atoms with E-state index in [4.69, 9.17) is 4.74 Å². The zero-order valence-corrected chi connectivity index (χ0v) is 10.5.